The minimum absolute atomic E-state index is 0.0395. The number of hydrogen-bond donors (Lipinski definition) is 1. The van der Waals surface area contributed by atoms with Crippen molar-refractivity contribution < 1.29 is 14.3 Å². The van der Waals surface area contributed by atoms with Crippen LogP contribution in [0, 0.1) is 0 Å². The van der Waals surface area contributed by atoms with Crippen LogP contribution in [-0.4, -0.2) is 32.8 Å². The molecule has 0 saturated carbocycles. The average Bonchev–Trinajstić information content (AvgIpc) is 2.45. The highest BCUT2D eigenvalue weighted by molar-refractivity contribution is 5.75. The zero-order chi connectivity index (χ0) is 13.9. The number of nitrogens with one attached hydrogen (secondary N) is 1. The van der Waals surface area contributed by atoms with E-state index < -0.39 is 0 Å². The maximum Gasteiger partial charge on any atom is 0.220 e. The summed E-state index contributed by atoms with van der Waals surface area (Å²) in [7, 11) is 1.65. The fourth-order valence-electron chi connectivity index (χ4n) is 1.78. The molecule has 0 unspecified atom stereocenters. The molecule has 0 radical (unpaired) electrons. The van der Waals surface area contributed by atoms with Crippen molar-refractivity contribution >= 4 is 5.91 Å². The standard InChI is InChI=1S/C15H23NO3/c1-3-19-11-7-10-15(17)16-12-14(18-2)13-8-5-4-6-9-13/h4-6,8-9,14H,3,7,10-12H2,1-2H3,(H,16,17)/t14-/m0/s1. The van der Waals surface area contributed by atoms with Gasteiger partial charge in [-0.25, -0.2) is 0 Å². The van der Waals surface area contributed by atoms with Crippen molar-refractivity contribution in [2.75, 3.05) is 26.9 Å². The minimum atomic E-state index is -0.1000. The Bertz CT molecular complexity index is 354. The van der Waals surface area contributed by atoms with Gasteiger partial charge in [0.05, 0.1) is 6.10 Å². The molecule has 0 heterocycles. The maximum atomic E-state index is 11.6. The number of benzene rings is 1. The fraction of sp³-hybridized carbons (Fsp3) is 0.533. The van der Waals surface area contributed by atoms with Crippen molar-refractivity contribution in [3.63, 3.8) is 0 Å². The zero-order valence-corrected chi connectivity index (χ0v) is 11.7. The van der Waals surface area contributed by atoms with Gasteiger partial charge < -0.3 is 14.8 Å². The summed E-state index contributed by atoms with van der Waals surface area (Å²) < 4.78 is 10.6. The van der Waals surface area contributed by atoms with Crippen molar-refractivity contribution in [1.82, 2.24) is 5.32 Å². The van der Waals surface area contributed by atoms with E-state index in [0.717, 1.165) is 12.0 Å². The van der Waals surface area contributed by atoms with Crippen molar-refractivity contribution in [3.05, 3.63) is 35.9 Å². The summed E-state index contributed by atoms with van der Waals surface area (Å²) in [4.78, 5) is 11.6. The Balaban J connectivity index is 2.28. The molecule has 1 aromatic rings. The second-order valence-electron chi connectivity index (χ2n) is 4.24. The molecule has 1 amide bonds. The largest absolute Gasteiger partial charge is 0.382 e. The van der Waals surface area contributed by atoms with Gasteiger partial charge in [0.25, 0.3) is 0 Å². The van der Waals surface area contributed by atoms with Crippen molar-refractivity contribution in [1.29, 1.82) is 0 Å². The lowest BCUT2D eigenvalue weighted by Gasteiger charge is -2.16. The monoisotopic (exact) mass is 265 g/mol. The van der Waals surface area contributed by atoms with Gasteiger partial charge in [0.2, 0.25) is 5.91 Å². The second kappa shape index (κ2) is 9.53. The molecule has 1 N–H and O–H groups in total. The minimum Gasteiger partial charge on any atom is -0.382 e. The lowest BCUT2D eigenvalue weighted by Crippen LogP contribution is -2.29. The SMILES string of the molecule is CCOCCCC(=O)NC[C@H](OC)c1ccccc1. The van der Waals surface area contributed by atoms with Gasteiger partial charge in [-0.3, -0.25) is 4.79 Å². The van der Waals surface area contributed by atoms with E-state index in [0.29, 0.717) is 26.2 Å². The third-order valence-corrected chi connectivity index (χ3v) is 2.84. The number of amides is 1. The molecule has 1 rings (SSSR count). The van der Waals surface area contributed by atoms with Gasteiger partial charge in [-0.2, -0.15) is 0 Å². The van der Waals surface area contributed by atoms with Gasteiger partial charge in [0, 0.05) is 33.3 Å². The molecular formula is C15H23NO3. The van der Waals surface area contributed by atoms with Crippen LogP contribution < -0.4 is 5.32 Å². The third-order valence-electron chi connectivity index (χ3n) is 2.84. The van der Waals surface area contributed by atoms with Crippen LogP contribution in [-0.2, 0) is 14.3 Å². The van der Waals surface area contributed by atoms with Crippen LogP contribution in [0.25, 0.3) is 0 Å². The summed E-state index contributed by atoms with van der Waals surface area (Å²) in [5.74, 6) is 0.0395. The van der Waals surface area contributed by atoms with E-state index in [2.05, 4.69) is 5.32 Å². The molecule has 4 nitrogen and oxygen atoms in total. The summed E-state index contributed by atoms with van der Waals surface area (Å²) in [5, 5.41) is 2.89. The summed E-state index contributed by atoms with van der Waals surface area (Å²) in [6, 6.07) is 9.88. The molecular weight excluding hydrogens is 242 g/mol. The number of methoxy groups -OCH3 is 1. The van der Waals surface area contributed by atoms with E-state index in [1.807, 2.05) is 37.3 Å². The van der Waals surface area contributed by atoms with Crippen LogP contribution in [0.4, 0.5) is 0 Å². The van der Waals surface area contributed by atoms with Crippen LogP contribution in [0.1, 0.15) is 31.4 Å². The number of ether oxygens (including phenoxy) is 2. The lowest BCUT2D eigenvalue weighted by molar-refractivity contribution is -0.122. The average molecular weight is 265 g/mol. The topological polar surface area (TPSA) is 47.6 Å². The van der Waals surface area contributed by atoms with Gasteiger partial charge in [-0.15, -0.1) is 0 Å². The van der Waals surface area contributed by atoms with Gasteiger partial charge >= 0.3 is 0 Å². The summed E-state index contributed by atoms with van der Waals surface area (Å²) >= 11 is 0. The Morgan fingerprint density at radius 1 is 1.32 bits per heavy atom. The molecule has 4 heteroatoms. The smallest absolute Gasteiger partial charge is 0.220 e. The molecule has 0 aliphatic heterocycles. The Labute approximate surface area is 115 Å². The van der Waals surface area contributed by atoms with Crippen LogP contribution in [0.5, 0.6) is 0 Å². The number of carbonyl (C=O) groups excluding carboxylic acids is 1. The van der Waals surface area contributed by atoms with Crippen molar-refractivity contribution in [2.24, 2.45) is 0 Å². The molecule has 0 fully saturated rings. The summed E-state index contributed by atoms with van der Waals surface area (Å²) in [6.45, 7) is 3.77. The van der Waals surface area contributed by atoms with E-state index in [1.165, 1.54) is 0 Å². The predicted octanol–water partition coefficient (Wildman–Crippen LogP) is 2.31. The van der Waals surface area contributed by atoms with Crippen molar-refractivity contribution in [3.8, 4) is 0 Å². The highest BCUT2D eigenvalue weighted by Gasteiger charge is 2.11. The van der Waals surface area contributed by atoms with Crippen molar-refractivity contribution in [2.45, 2.75) is 25.9 Å². The number of hydrogen-bond acceptors (Lipinski definition) is 3. The first-order valence-corrected chi connectivity index (χ1v) is 6.70. The number of carbonyl (C=O) groups is 1. The highest BCUT2D eigenvalue weighted by atomic mass is 16.5. The van der Waals surface area contributed by atoms with Crippen LogP contribution in [0.3, 0.4) is 0 Å². The first kappa shape index (κ1) is 15.7. The van der Waals surface area contributed by atoms with Gasteiger partial charge in [0.1, 0.15) is 0 Å². The van der Waals surface area contributed by atoms with E-state index in [4.69, 9.17) is 9.47 Å². The summed E-state index contributed by atoms with van der Waals surface area (Å²) in [5.41, 5.74) is 1.07. The van der Waals surface area contributed by atoms with E-state index in [1.54, 1.807) is 7.11 Å². The van der Waals surface area contributed by atoms with Gasteiger partial charge in [-0.1, -0.05) is 30.3 Å². The molecule has 0 aliphatic carbocycles. The van der Waals surface area contributed by atoms with Gasteiger partial charge in [0.15, 0.2) is 0 Å². The third kappa shape index (κ3) is 6.36. The molecule has 19 heavy (non-hydrogen) atoms. The lowest BCUT2D eigenvalue weighted by atomic mass is 10.1. The highest BCUT2D eigenvalue weighted by Crippen LogP contribution is 2.14. The van der Waals surface area contributed by atoms with E-state index in [9.17, 15) is 4.79 Å². The quantitative estimate of drug-likeness (QED) is 0.697. The maximum absolute atomic E-state index is 11.6. The molecule has 1 aromatic carbocycles. The summed E-state index contributed by atoms with van der Waals surface area (Å²) in [6.07, 6.45) is 1.14. The first-order chi connectivity index (χ1) is 9.27. The Morgan fingerprint density at radius 2 is 2.05 bits per heavy atom. The van der Waals surface area contributed by atoms with Crippen LogP contribution >= 0.6 is 0 Å². The molecule has 0 aromatic heterocycles. The molecule has 106 valence electrons. The Hall–Kier alpha value is -1.39. The molecule has 0 saturated heterocycles. The van der Waals surface area contributed by atoms with Crippen LogP contribution in [0.15, 0.2) is 30.3 Å². The number of rotatable bonds is 9. The van der Waals surface area contributed by atoms with E-state index in [-0.39, 0.29) is 12.0 Å². The molecule has 0 aliphatic rings. The molecule has 0 spiro atoms. The zero-order valence-electron chi connectivity index (χ0n) is 11.7. The first-order valence-electron chi connectivity index (χ1n) is 6.70. The van der Waals surface area contributed by atoms with E-state index >= 15 is 0 Å². The fourth-order valence-corrected chi connectivity index (χ4v) is 1.78. The van der Waals surface area contributed by atoms with Crippen LogP contribution in [0.2, 0.25) is 0 Å². The second-order valence-corrected chi connectivity index (χ2v) is 4.24. The molecule has 1 atom stereocenters. The Kier molecular flexibility index (Phi) is 7.86. The van der Waals surface area contributed by atoms with Gasteiger partial charge in [-0.05, 0) is 18.9 Å². The molecule has 0 bridgehead atoms. The predicted molar refractivity (Wildman–Crippen MR) is 74.9 cm³/mol. The normalized spacial score (nSPS) is 12.1. The Morgan fingerprint density at radius 3 is 2.68 bits per heavy atom.